The number of piperidine rings is 1. The average Bonchev–Trinajstić information content (AvgIpc) is 2.64. The standard InChI is InChI=1S/C18H29N5O2/c1-3-4-10-22-11-8-16(9-12-22)21-18(19-2)20-14-15-6-5-7-17(13-15)23(24)25/h5-7,13,16H,3-4,8-12,14H2,1-2H3,(H2,19,20,21). The molecular formula is C18H29N5O2. The van der Waals surface area contributed by atoms with Crippen molar-refractivity contribution in [1.29, 1.82) is 0 Å². The minimum Gasteiger partial charge on any atom is -0.354 e. The molecule has 0 spiro atoms. The fourth-order valence-corrected chi connectivity index (χ4v) is 3.04. The molecule has 0 unspecified atom stereocenters. The predicted molar refractivity (Wildman–Crippen MR) is 101 cm³/mol. The monoisotopic (exact) mass is 347 g/mol. The van der Waals surface area contributed by atoms with Gasteiger partial charge in [-0.05, 0) is 31.4 Å². The van der Waals surface area contributed by atoms with Crippen molar-refractivity contribution in [3.8, 4) is 0 Å². The van der Waals surface area contributed by atoms with Crippen LogP contribution in [0.4, 0.5) is 5.69 Å². The second kappa shape index (κ2) is 9.98. The second-order valence-electron chi connectivity index (χ2n) is 6.47. The molecule has 2 rings (SSSR count). The summed E-state index contributed by atoms with van der Waals surface area (Å²) in [5, 5.41) is 17.6. The lowest BCUT2D eigenvalue weighted by Gasteiger charge is -2.33. The molecule has 7 nitrogen and oxygen atoms in total. The number of hydrogen-bond donors (Lipinski definition) is 2. The highest BCUT2D eigenvalue weighted by Crippen LogP contribution is 2.13. The molecule has 0 aliphatic carbocycles. The number of rotatable bonds is 7. The van der Waals surface area contributed by atoms with Crippen molar-refractivity contribution in [1.82, 2.24) is 15.5 Å². The number of nitro benzene ring substituents is 1. The molecule has 0 radical (unpaired) electrons. The van der Waals surface area contributed by atoms with Crippen LogP contribution in [-0.2, 0) is 6.54 Å². The van der Waals surface area contributed by atoms with E-state index in [9.17, 15) is 10.1 Å². The Morgan fingerprint density at radius 2 is 2.16 bits per heavy atom. The Balaban J connectivity index is 1.78. The summed E-state index contributed by atoms with van der Waals surface area (Å²) in [7, 11) is 1.75. The number of aliphatic imine (C=N–C) groups is 1. The van der Waals surface area contributed by atoms with E-state index in [1.54, 1.807) is 19.2 Å². The number of nitro groups is 1. The third kappa shape index (κ3) is 6.34. The van der Waals surface area contributed by atoms with Crippen LogP contribution in [0.2, 0.25) is 0 Å². The topological polar surface area (TPSA) is 82.8 Å². The van der Waals surface area contributed by atoms with E-state index in [1.807, 2.05) is 6.07 Å². The number of benzene rings is 1. The van der Waals surface area contributed by atoms with Crippen molar-refractivity contribution >= 4 is 11.6 Å². The van der Waals surface area contributed by atoms with Crippen LogP contribution in [0.3, 0.4) is 0 Å². The van der Waals surface area contributed by atoms with Gasteiger partial charge in [-0.25, -0.2) is 0 Å². The molecule has 1 aromatic carbocycles. The van der Waals surface area contributed by atoms with Crippen LogP contribution < -0.4 is 10.6 Å². The first kappa shape index (κ1) is 19.2. The first-order valence-corrected chi connectivity index (χ1v) is 9.05. The number of hydrogen-bond acceptors (Lipinski definition) is 4. The zero-order valence-corrected chi connectivity index (χ0v) is 15.2. The van der Waals surface area contributed by atoms with E-state index >= 15 is 0 Å². The van der Waals surface area contributed by atoms with E-state index in [0.717, 1.165) is 37.5 Å². The number of likely N-dealkylation sites (tertiary alicyclic amines) is 1. The van der Waals surface area contributed by atoms with Gasteiger partial charge in [0, 0.05) is 44.9 Å². The van der Waals surface area contributed by atoms with Crippen molar-refractivity contribution in [2.24, 2.45) is 4.99 Å². The molecule has 2 N–H and O–H groups in total. The molecule has 0 atom stereocenters. The SMILES string of the molecule is CCCCN1CCC(NC(=NC)NCc2cccc([N+](=O)[O-])c2)CC1. The highest BCUT2D eigenvalue weighted by Gasteiger charge is 2.19. The van der Waals surface area contributed by atoms with E-state index < -0.39 is 0 Å². The lowest BCUT2D eigenvalue weighted by molar-refractivity contribution is -0.384. The van der Waals surface area contributed by atoms with Gasteiger partial charge in [0.05, 0.1) is 4.92 Å². The molecule has 1 heterocycles. The van der Waals surface area contributed by atoms with E-state index in [1.165, 1.54) is 25.5 Å². The Hall–Kier alpha value is -2.15. The maximum absolute atomic E-state index is 10.8. The molecule has 1 fully saturated rings. The van der Waals surface area contributed by atoms with Crippen LogP contribution in [0.5, 0.6) is 0 Å². The predicted octanol–water partition coefficient (Wildman–Crippen LogP) is 2.52. The Morgan fingerprint density at radius 1 is 1.40 bits per heavy atom. The number of nitrogens with zero attached hydrogens (tertiary/aromatic N) is 3. The van der Waals surface area contributed by atoms with Crippen LogP contribution in [0.1, 0.15) is 38.2 Å². The Kier molecular flexibility index (Phi) is 7.66. The fraction of sp³-hybridized carbons (Fsp3) is 0.611. The number of nitrogens with one attached hydrogen (secondary N) is 2. The van der Waals surface area contributed by atoms with E-state index in [4.69, 9.17) is 0 Å². The van der Waals surface area contributed by atoms with Crippen molar-refractivity contribution in [2.75, 3.05) is 26.7 Å². The maximum atomic E-state index is 10.8. The molecule has 1 saturated heterocycles. The zero-order valence-electron chi connectivity index (χ0n) is 15.2. The first-order chi connectivity index (χ1) is 12.1. The molecule has 1 aliphatic heterocycles. The van der Waals surface area contributed by atoms with Gasteiger partial charge in [0.25, 0.3) is 5.69 Å². The summed E-state index contributed by atoms with van der Waals surface area (Å²) >= 11 is 0. The molecule has 0 aromatic heterocycles. The minimum atomic E-state index is -0.372. The Bertz CT molecular complexity index is 583. The van der Waals surface area contributed by atoms with E-state index in [-0.39, 0.29) is 10.6 Å². The number of unbranched alkanes of at least 4 members (excludes halogenated alkanes) is 1. The molecular weight excluding hydrogens is 318 g/mol. The summed E-state index contributed by atoms with van der Waals surface area (Å²) in [5.41, 5.74) is 0.980. The molecule has 1 aliphatic rings. The molecule has 7 heteroatoms. The van der Waals surface area contributed by atoms with Crippen molar-refractivity contribution < 1.29 is 4.92 Å². The lowest BCUT2D eigenvalue weighted by Crippen LogP contribution is -2.48. The number of non-ortho nitro benzene ring substituents is 1. The maximum Gasteiger partial charge on any atom is 0.269 e. The van der Waals surface area contributed by atoms with E-state index in [2.05, 4.69) is 27.4 Å². The van der Waals surface area contributed by atoms with E-state index in [0.29, 0.717) is 12.6 Å². The summed E-state index contributed by atoms with van der Waals surface area (Å²) in [5.74, 6) is 0.749. The van der Waals surface area contributed by atoms with Crippen LogP contribution >= 0.6 is 0 Å². The summed E-state index contributed by atoms with van der Waals surface area (Å²) in [6, 6.07) is 7.10. The van der Waals surface area contributed by atoms with Crippen molar-refractivity contribution in [3.63, 3.8) is 0 Å². The van der Waals surface area contributed by atoms with Gasteiger partial charge >= 0.3 is 0 Å². The van der Waals surface area contributed by atoms with Gasteiger partial charge in [-0.15, -0.1) is 0 Å². The summed E-state index contributed by atoms with van der Waals surface area (Å²) in [6.07, 6.45) is 4.74. The Morgan fingerprint density at radius 3 is 2.80 bits per heavy atom. The van der Waals surface area contributed by atoms with Gasteiger partial charge in [0.1, 0.15) is 0 Å². The van der Waals surface area contributed by atoms with Gasteiger partial charge < -0.3 is 15.5 Å². The molecule has 0 bridgehead atoms. The zero-order chi connectivity index (χ0) is 18.1. The minimum absolute atomic E-state index is 0.113. The highest BCUT2D eigenvalue weighted by molar-refractivity contribution is 5.80. The van der Waals surface area contributed by atoms with Gasteiger partial charge in [0.2, 0.25) is 0 Å². The van der Waals surface area contributed by atoms with Crippen molar-refractivity contribution in [3.05, 3.63) is 39.9 Å². The van der Waals surface area contributed by atoms with Gasteiger partial charge in [0.15, 0.2) is 5.96 Å². The second-order valence-corrected chi connectivity index (χ2v) is 6.47. The smallest absolute Gasteiger partial charge is 0.269 e. The lowest BCUT2D eigenvalue weighted by atomic mass is 10.0. The largest absolute Gasteiger partial charge is 0.354 e. The highest BCUT2D eigenvalue weighted by atomic mass is 16.6. The quantitative estimate of drug-likeness (QED) is 0.343. The Labute approximate surface area is 149 Å². The summed E-state index contributed by atoms with van der Waals surface area (Å²) in [6.45, 7) is 6.18. The molecule has 0 saturated carbocycles. The van der Waals surface area contributed by atoms with Crippen LogP contribution in [-0.4, -0.2) is 48.5 Å². The van der Waals surface area contributed by atoms with Crippen molar-refractivity contribution in [2.45, 2.75) is 45.2 Å². The molecule has 138 valence electrons. The number of guanidine groups is 1. The third-order valence-corrected chi connectivity index (χ3v) is 4.56. The summed E-state index contributed by atoms with van der Waals surface area (Å²) in [4.78, 5) is 17.3. The summed E-state index contributed by atoms with van der Waals surface area (Å²) < 4.78 is 0. The molecule has 1 aromatic rings. The first-order valence-electron chi connectivity index (χ1n) is 9.05. The molecule has 25 heavy (non-hydrogen) atoms. The van der Waals surface area contributed by atoms with Crippen LogP contribution in [0, 0.1) is 10.1 Å². The third-order valence-electron chi connectivity index (χ3n) is 4.56. The normalized spacial score (nSPS) is 16.6. The van der Waals surface area contributed by atoms with Gasteiger partial charge in [-0.2, -0.15) is 0 Å². The van der Waals surface area contributed by atoms with Crippen LogP contribution in [0.15, 0.2) is 29.3 Å². The van der Waals surface area contributed by atoms with Gasteiger partial charge in [-0.1, -0.05) is 25.5 Å². The van der Waals surface area contributed by atoms with Crippen LogP contribution in [0.25, 0.3) is 0 Å². The average molecular weight is 347 g/mol. The molecule has 0 amide bonds. The fourth-order valence-electron chi connectivity index (χ4n) is 3.04. The van der Waals surface area contributed by atoms with Gasteiger partial charge in [-0.3, -0.25) is 15.1 Å².